The lowest BCUT2D eigenvalue weighted by Crippen LogP contribution is -2.45. The number of aromatic nitrogens is 2. The molecule has 0 spiro atoms. The first-order valence-electron chi connectivity index (χ1n) is 4.71. The van der Waals surface area contributed by atoms with Crippen LogP contribution in [-0.4, -0.2) is 28.8 Å². The smallest absolute Gasteiger partial charge is 0.122 e. The standard InChI is InChI=1S/C9H15N3O/c1-2-12-4-3-10-9(12)5-11-8-6-13-7-8/h3-4,8,11H,2,5-7H2,1H3. The van der Waals surface area contributed by atoms with E-state index in [-0.39, 0.29) is 0 Å². The monoisotopic (exact) mass is 181 g/mol. The number of imidazole rings is 1. The van der Waals surface area contributed by atoms with Gasteiger partial charge in [0, 0.05) is 18.9 Å². The molecule has 4 nitrogen and oxygen atoms in total. The van der Waals surface area contributed by atoms with Gasteiger partial charge in [0.05, 0.1) is 25.8 Å². The third-order valence-corrected chi connectivity index (χ3v) is 2.33. The van der Waals surface area contributed by atoms with Gasteiger partial charge in [-0.05, 0) is 6.92 Å². The number of nitrogens with one attached hydrogen (secondary N) is 1. The first-order chi connectivity index (χ1) is 6.40. The molecule has 2 rings (SSSR count). The molecule has 1 aliphatic heterocycles. The molecule has 1 aromatic heterocycles. The van der Waals surface area contributed by atoms with Gasteiger partial charge in [0.15, 0.2) is 0 Å². The van der Waals surface area contributed by atoms with Crippen molar-refractivity contribution in [1.29, 1.82) is 0 Å². The molecular formula is C9H15N3O. The maximum Gasteiger partial charge on any atom is 0.122 e. The zero-order chi connectivity index (χ0) is 9.10. The number of ether oxygens (including phenoxy) is 1. The van der Waals surface area contributed by atoms with Gasteiger partial charge >= 0.3 is 0 Å². The van der Waals surface area contributed by atoms with Crippen LogP contribution >= 0.6 is 0 Å². The lowest BCUT2D eigenvalue weighted by atomic mass is 10.2. The average Bonchev–Trinajstić information content (AvgIpc) is 2.49. The van der Waals surface area contributed by atoms with Crippen LogP contribution in [0.15, 0.2) is 12.4 Å². The quantitative estimate of drug-likeness (QED) is 0.730. The summed E-state index contributed by atoms with van der Waals surface area (Å²) < 4.78 is 7.22. The Morgan fingerprint density at radius 1 is 1.69 bits per heavy atom. The zero-order valence-corrected chi connectivity index (χ0v) is 7.86. The Morgan fingerprint density at radius 3 is 3.15 bits per heavy atom. The highest BCUT2D eigenvalue weighted by atomic mass is 16.5. The summed E-state index contributed by atoms with van der Waals surface area (Å²) in [7, 11) is 0. The van der Waals surface area contributed by atoms with Crippen LogP contribution in [-0.2, 0) is 17.8 Å². The van der Waals surface area contributed by atoms with Crippen molar-refractivity contribution in [1.82, 2.24) is 14.9 Å². The fourth-order valence-corrected chi connectivity index (χ4v) is 1.38. The highest BCUT2D eigenvalue weighted by Crippen LogP contribution is 2.02. The third kappa shape index (κ3) is 1.89. The second-order valence-corrected chi connectivity index (χ2v) is 3.24. The van der Waals surface area contributed by atoms with E-state index in [1.165, 1.54) is 0 Å². The molecule has 0 amide bonds. The molecule has 0 aliphatic carbocycles. The van der Waals surface area contributed by atoms with Crippen molar-refractivity contribution < 1.29 is 4.74 Å². The molecule has 1 saturated heterocycles. The molecule has 0 saturated carbocycles. The number of hydrogen-bond acceptors (Lipinski definition) is 3. The van der Waals surface area contributed by atoms with E-state index in [0.717, 1.165) is 32.1 Å². The van der Waals surface area contributed by atoms with Crippen molar-refractivity contribution in [2.75, 3.05) is 13.2 Å². The number of nitrogens with zero attached hydrogens (tertiary/aromatic N) is 2. The Bertz CT molecular complexity index is 268. The molecule has 1 aliphatic rings. The molecule has 1 fully saturated rings. The van der Waals surface area contributed by atoms with Crippen molar-refractivity contribution in [3.63, 3.8) is 0 Å². The van der Waals surface area contributed by atoms with E-state index in [0.29, 0.717) is 6.04 Å². The van der Waals surface area contributed by atoms with Gasteiger partial charge in [-0.25, -0.2) is 4.98 Å². The molecule has 13 heavy (non-hydrogen) atoms. The van der Waals surface area contributed by atoms with E-state index in [4.69, 9.17) is 4.74 Å². The number of hydrogen-bond donors (Lipinski definition) is 1. The van der Waals surface area contributed by atoms with Gasteiger partial charge < -0.3 is 14.6 Å². The van der Waals surface area contributed by atoms with Gasteiger partial charge in [-0.1, -0.05) is 0 Å². The Hall–Kier alpha value is -0.870. The molecule has 72 valence electrons. The second kappa shape index (κ2) is 3.89. The fourth-order valence-electron chi connectivity index (χ4n) is 1.38. The van der Waals surface area contributed by atoms with Gasteiger partial charge in [-0.15, -0.1) is 0 Å². The summed E-state index contributed by atoms with van der Waals surface area (Å²) >= 11 is 0. The van der Waals surface area contributed by atoms with E-state index in [9.17, 15) is 0 Å². The summed E-state index contributed by atoms with van der Waals surface area (Å²) in [5, 5.41) is 3.39. The zero-order valence-electron chi connectivity index (χ0n) is 7.86. The topological polar surface area (TPSA) is 39.1 Å². The number of rotatable bonds is 4. The van der Waals surface area contributed by atoms with Crippen LogP contribution < -0.4 is 5.32 Å². The SMILES string of the molecule is CCn1ccnc1CNC1COC1. The summed E-state index contributed by atoms with van der Waals surface area (Å²) in [6, 6.07) is 0.530. The Kier molecular flexibility index (Phi) is 2.61. The highest BCUT2D eigenvalue weighted by Gasteiger charge is 2.17. The van der Waals surface area contributed by atoms with E-state index >= 15 is 0 Å². The minimum absolute atomic E-state index is 0.530. The van der Waals surface area contributed by atoms with Crippen LogP contribution in [0.1, 0.15) is 12.7 Å². The second-order valence-electron chi connectivity index (χ2n) is 3.24. The normalized spacial score (nSPS) is 17.3. The van der Waals surface area contributed by atoms with E-state index in [1.54, 1.807) is 0 Å². The van der Waals surface area contributed by atoms with Crippen molar-refractivity contribution in [2.24, 2.45) is 0 Å². The van der Waals surface area contributed by atoms with Crippen LogP contribution in [0.2, 0.25) is 0 Å². The van der Waals surface area contributed by atoms with Crippen molar-refractivity contribution in [3.05, 3.63) is 18.2 Å². The predicted octanol–water partition coefficient (Wildman–Crippen LogP) is 0.391. The van der Waals surface area contributed by atoms with Gasteiger partial charge in [0.25, 0.3) is 0 Å². The summed E-state index contributed by atoms with van der Waals surface area (Å²) in [4.78, 5) is 4.28. The Balaban J connectivity index is 1.85. The third-order valence-electron chi connectivity index (χ3n) is 2.33. The molecule has 1 aromatic rings. The average molecular weight is 181 g/mol. The van der Waals surface area contributed by atoms with Crippen molar-refractivity contribution >= 4 is 0 Å². The maximum atomic E-state index is 5.07. The molecule has 0 radical (unpaired) electrons. The lowest BCUT2D eigenvalue weighted by Gasteiger charge is -2.26. The Labute approximate surface area is 77.9 Å². The van der Waals surface area contributed by atoms with E-state index < -0.39 is 0 Å². The lowest BCUT2D eigenvalue weighted by molar-refractivity contribution is -0.00614. The van der Waals surface area contributed by atoms with Crippen LogP contribution in [0.25, 0.3) is 0 Å². The van der Waals surface area contributed by atoms with Gasteiger partial charge in [-0.3, -0.25) is 0 Å². The van der Waals surface area contributed by atoms with Crippen LogP contribution in [0.5, 0.6) is 0 Å². The molecule has 2 heterocycles. The molecule has 0 aromatic carbocycles. The maximum absolute atomic E-state index is 5.07. The van der Waals surface area contributed by atoms with Crippen LogP contribution in [0, 0.1) is 0 Å². The van der Waals surface area contributed by atoms with Crippen molar-refractivity contribution in [2.45, 2.75) is 26.1 Å². The van der Waals surface area contributed by atoms with E-state index in [1.807, 2.05) is 12.4 Å². The molecule has 0 unspecified atom stereocenters. The fraction of sp³-hybridized carbons (Fsp3) is 0.667. The predicted molar refractivity (Wildman–Crippen MR) is 49.3 cm³/mol. The summed E-state index contributed by atoms with van der Waals surface area (Å²) in [6.07, 6.45) is 3.85. The highest BCUT2D eigenvalue weighted by molar-refractivity contribution is 4.92. The van der Waals surface area contributed by atoms with Crippen LogP contribution in [0.4, 0.5) is 0 Å². The molecule has 0 bridgehead atoms. The summed E-state index contributed by atoms with van der Waals surface area (Å²) in [5.41, 5.74) is 0. The van der Waals surface area contributed by atoms with Gasteiger partial charge in [-0.2, -0.15) is 0 Å². The van der Waals surface area contributed by atoms with Gasteiger partial charge in [0.1, 0.15) is 5.82 Å². The van der Waals surface area contributed by atoms with E-state index in [2.05, 4.69) is 21.8 Å². The number of aryl methyl sites for hydroxylation is 1. The molecule has 0 atom stereocenters. The Morgan fingerprint density at radius 2 is 2.54 bits per heavy atom. The largest absolute Gasteiger partial charge is 0.378 e. The van der Waals surface area contributed by atoms with Gasteiger partial charge in [0.2, 0.25) is 0 Å². The van der Waals surface area contributed by atoms with Crippen molar-refractivity contribution in [3.8, 4) is 0 Å². The summed E-state index contributed by atoms with van der Waals surface area (Å²) in [6.45, 7) is 5.63. The first kappa shape index (κ1) is 8.72. The molecule has 4 heteroatoms. The first-order valence-corrected chi connectivity index (χ1v) is 4.71. The summed E-state index contributed by atoms with van der Waals surface area (Å²) in [5.74, 6) is 1.11. The molecule has 1 N–H and O–H groups in total. The minimum Gasteiger partial charge on any atom is -0.378 e. The minimum atomic E-state index is 0.530. The van der Waals surface area contributed by atoms with Crippen LogP contribution in [0.3, 0.4) is 0 Å². The molecular weight excluding hydrogens is 166 g/mol.